The number of unbranched alkanes of at least 4 members (excludes halogenated alkanes) is 2. The first-order valence-electron chi connectivity index (χ1n) is 11.0. The molecule has 0 fully saturated rings. The lowest BCUT2D eigenvalue weighted by Crippen LogP contribution is -2.30. The standard InChI is InChI=1S/C25H40O4Si/c1-8-9-10-14-20-17-22(29-30(5,6)7)21(24(26)23(20)25(27)28)16-15-19(4)13-11-12-18(2)3/h12,15,17,26H,8-11,13-14,16H2,1-7H3,(H,27,28). The van der Waals surface area contributed by atoms with E-state index in [1.54, 1.807) is 0 Å². The number of hydrogen-bond acceptors (Lipinski definition) is 3. The van der Waals surface area contributed by atoms with Gasteiger partial charge < -0.3 is 14.6 Å². The number of carbonyl (C=O) groups is 1. The molecule has 0 unspecified atom stereocenters. The number of phenols is 1. The second-order valence-corrected chi connectivity index (χ2v) is 13.7. The molecule has 1 aromatic rings. The van der Waals surface area contributed by atoms with Crippen LogP contribution in [-0.4, -0.2) is 24.5 Å². The average molecular weight is 433 g/mol. The van der Waals surface area contributed by atoms with Gasteiger partial charge in [0.1, 0.15) is 17.1 Å². The first-order valence-corrected chi connectivity index (χ1v) is 14.5. The highest BCUT2D eigenvalue weighted by atomic mass is 28.4. The maximum Gasteiger partial charge on any atom is 0.339 e. The first-order chi connectivity index (χ1) is 14.0. The van der Waals surface area contributed by atoms with Crippen molar-refractivity contribution in [1.29, 1.82) is 0 Å². The Morgan fingerprint density at radius 3 is 2.33 bits per heavy atom. The van der Waals surface area contributed by atoms with Gasteiger partial charge in [0.05, 0.1) is 0 Å². The number of benzene rings is 1. The number of aromatic hydroxyl groups is 1. The van der Waals surface area contributed by atoms with Gasteiger partial charge in [0.25, 0.3) is 0 Å². The molecule has 0 amide bonds. The number of aromatic carboxylic acids is 1. The van der Waals surface area contributed by atoms with Gasteiger partial charge in [0, 0.05) is 5.56 Å². The van der Waals surface area contributed by atoms with Crippen LogP contribution in [0.4, 0.5) is 0 Å². The fraction of sp³-hybridized carbons (Fsp3) is 0.560. The Kier molecular flexibility index (Phi) is 10.4. The normalized spacial score (nSPS) is 12.0. The number of allylic oxidation sites excluding steroid dienone is 4. The van der Waals surface area contributed by atoms with E-state index in [0.29, 0.717) is 29.7 Å². The molecule has 1 aromatic carbocycles. The van der Waals surface area contributed by atoms with Gasteiger partial charge in [-0.3, -0.25) is 0 Å². The van der Waals surface area contributed by atoms with Gasteiger partial charge in [-0.05, 0) is 84.1 Å². The van der Waals surface area contributed by atoms with E-state index in [2.05, 4.69) is 59.5 Å². The van der Waals surface area contributed by atoms with Crippen molar-refractivity contribution in [2.45, 2.75) is 92.3 Å². The van der Waals surface area contributed by atoms with Crippen molar-refractivity contribution in [3.63, 3.8) is 0 Å². The van der Waals surface area contributed by atoms with Crippen LogP contribution in [-0.2, 0) is 12.8 Å². The number of aryl methyl sites for hydroxylation is 1. The highest BCUT2D eigenvalue weighted by molar-refractivity contribution is 6.70. The second kappa shape index (κ2) is 12.0. The van der Waals surface area contributed by atoms with Crippen molar-refractivity contribution in [1.82, 2.24) is 0 Å². The Morgan fingerprint density at radius 2 is 1.80 bits per heavy atom. The number of hydrogen-bond donors (Lipinski definition) is 2. The van der Waals surface area contributed by atoms with Crippen LogP contribution in [0, 0.1) is 0 Å². The molecule has 0 saturated heterocycles. The molecule has 0 atom stereocenters. The highest BCUT2D eigenvalue weighted by Gasteiger charge is 2.25. The minimum absolute atomic E-state index is 0.0274. The monoisotopic (exact) mass is 432 g/mol. The molecule has 168 valence electrons. The summed E-state index contributed by atoms with van der Waals surface area (Å²) in [6, 6.07) is 1.86. The predicted octanol–water partition coefficient (Wildman–Crippen LogP) is 7.27. The first kappa shape index (κ1) is 26.0. The van der Waals surface area contributed by atoms with Gasteiger partial charge >= 0.3 is 5.97 Å². The van der Waals surface area contributed by atoms with E-state index >= 15 is 0 Å². The Bertz CT molecular complexity index is 781. The molecule has 0 heterocycles. The number of carboxylic acid groups (broad SMARTS) is 1. The quantitative estimate of drug-likeness (QED) is 0.207. The Morgan fingerprint density at radius 1 is 1.13 bits per heavy atom. The predicted molar refractivity (Wildman–Crippen MR) is 128 cm³/mol. The third-order valence-corrected chi connectivity index (χ3v) is 5.70. The molecule has 5 heteroatoms. The summed E-state index contributed by atoms with van der Waals surface area (Å²) >= 11 is 0. The summed E-state index contributed by atoms with van der Waals surface area (Å²) in [5, 5.41) is 20.7. The maximum absolute atomic E-state index is 12.0. The minimum Gasteiger partial charge on any atom is -0.544 e. The van der Waals surface area contributed by atoms with Crippen molar-refractivity contribution in [2.75, 3.05) is 0 Å². The molecule has 4 nitrogen and oxygen atoms in total. The summed E-state index contributed by atoms with van der Waals surface area (Å²) in [6.07, 6.45) is 10.3. The molecule has 0 aromatic heterocycles. The van der Waals surface area contributed by atoms with Crippen LogP contribution in [0.3, 0.4) is 0 Å². The van der Waals surface area contributed by atoms with Crippen LogP contribution in [0.1, 0.15) is 81.3 Å². The van der Waals surface area contributed by atoms with Crippen LogP contribution in [0.15, 0.2) is 29.4 Å². The SMILES string of the molecule is CCCCCc1cc(O[Si](C)(C)C)c(CC=C(C)CCC=C(C)C)c(O)c1C(=O)O. The molecule has 0 aliphatic carbocycles. The summed E-state index contributed by atoms with van der Waals surface area (Å²) in [5.41, 5.74) is 3.79. The zero-order valence-electron chi connectivity index (χ0n) is 19.9. The Hall–Kier alpha value is -2.01. The molecular weight excluding hydrogens is 392 g/mol. The molecule has 2 N–H and O–H groups in total. The topological polar surface area (TPSA) is 66.8 Å². The van der Waals surface area contributed by atoms with Gasteiger partial charge in [-0.15, -0.1) is 0 Å². The van der Waals surface area contributed by atoms with E-state index in [0.717, 1.165) is 32.1 Å². The molecule has 1 rings (SSSR count). The molecule has 0 aliphatic rings. The largest absolute Gasteiger partial charge is 0.544 e. The van der Waals surface area contributed by atoms with Crippen molar-refractivity contribution in [3.05, 3.63) is 46.1 Å². The molecule has 0 bridgehead atoms. The van der Waals surface area contributed by atoms with Crippen molar-refractivity contribution in [3.8, 4) is 11.5 Å². The number of carboxylic acids is 1. The van der Waals surface area contributed by atoms with E-state index in [4.69, 9.17) is 4.43 Å². The third-order valence-electron chi connectivity index (χ3n) is 4.87. The summed E-state index contributed by atoms with van der Waals surface area (Å²) in [7, 11) is -1.93. The van der Waals surface area contributed by atoms with Gasteiger partial charge in [0.15, 0.2) is 0 Å². The number of rotatable bonds is 12. The fourth-order valence-electron chi connectivity index (χ4n) is 3.32. The van der Waals surface area contributed by atoms with Crippen LogP contribution < -0.4 is 4.43 Å². The van der Waals surface area contributed by atoms with E-state index < -0.39 is 14.3 Å². The fourth-order valence-corrected chi connectivity index (χ4v) is 4.17. The van der Waals surface area contributed by atoms with Crippen molar-refractivity contribution >= 4 is 14.3 Å². The summed E-state index contributed by atoms with van der Waals surface area (Å²) in [6.45, 7) is 14.7. The van der Waals surface area contributed by atoms with E-state index in [1.165, 1.54) is 11.1 Å². The Labute approximate surface area is 183 Å². The lowest BCUT2D eigenvalue weighted by molar-refractivity contribution is 0.0692. The zero-order valence-corrected chi connectivity index (χ0v) is 20.9. The van der Waals surface area contributed by atoms with Gasteiger partial charge in [-0.25, -0.2) is 4.79 Å². The lowest BCUT2D eigenvalue weighted by Gasteiger charge is -2.24. The maximum atomic E-state index is 12.0. The molecular formula is C25H40O4Si. The average Bonchev–Trinajstić information content (AvgIpc) is 2.59. The van der Waals surface area contributed by atoms with Gasteiger partial charge in [-0.2, -0.15) is 0 Å². The van der Waals surface area contributed by atoms with E-state index in [1.807, 2.05) is 6.07 Å². The van der Waals surface area contributed by atoms with Crippen LogP contribution in [0.5, 0.6) is 11.5 Å². The molecule has 0 aliphatic heterocycles. The molecule has 0 saturated carbocycles. The Balaban J connectivity index is 3.34. The third kappa shape index (κ3) is 8.78. The highest BCUT2D eigenvalue weighted by Crippen LogP contribution is 2.37. The van der Waals surface area contributed by atoms with Crippen LogP contribution >= 0.6 is 0 Å². The molecule has 0 radical (unpaired) electrons. The second-order valence-electron chi connectivity index (χ2n) is 9.29. The van der Waals surface area contributed by atoms with Crippen molar-refractivity contribution < 1.29 is 19.4 Å². The minimum atomic E-state index is -1.93. The summed E-state index contributed by atoms with van der Waals surface area (Å²) < 4.78 is 6.29. The van der Waals surface area contributed by atoms with E-state index in [9.17, 15) is 15.0 Å². The van der Waals surface area contributed by atoms with Crippen LogP contribution in [0.25, 0.3) is 0 Å². The summed E-state index contributed by atoms with van der Waals surface area (Å²) in [4.78, 5) is 12.0. The van der Waals surface area contributed by atoms with Crippen LogP contribution in [0.2, 0.25) is 19.6 Å². The van der Waals surface area contributed by atoms with Gasteiger partial charge in [0.2, 0.25) is 8.32 Å². The van der Waals surface area contributed by atoms with E-state index in [-0.39, 0.29) is 11.3 Å². The lowest BCUT2D eigenvalue weighted by atomic mass is 9.95. The van der Waals surface area contributed by atoms with Crippen molar-refractivity contribution in [2.24, 2.45) is 0 Å². The smallest absolute Gasteiger partial charge is 0.339 e. The molecule has 0 spiro atoms. The summed E-state index contributed by atoms with van der Waals surface area (Å²) in [5.74, 6) is -0.585. The zero-order chi connectivity index (χ0) is 22.9. The van der Waals surface area contributed by atoms with Gasteiger partial charge in [-0.1, -0.05) is 43.1 Å². The molecule has 30 heavy (non-hydrogen) atoms.